The summed E-state index contributed by atoms with van der Waals surface area (Å²) in [4.78, 5) is 37.4. The van der Waals surface area contributed by atoms with Gasteiger partial charge in [-0.15, -0.1) is 0 Å². The van der Waals surface area contributed by atoms with Gasteiger partial charge in [-0.3, -0.25) is 9.59 Å². The summed E-state index contributed by atoms with van der Waals surface area (Å²) in [6.07, 6.45) is 1.39. The van der Waals surface area contributed by atoms with E-state index in [1.807, 2.05) is 30.3 Å². The lowest BCUT2D eigenvalue weighted by molar-refractivity contribution is -0.120. The van der Waals surface area contributed by atoms with Crippen molar-refractivity contribution in [3.8, 4) is 17.2 Å². The van der Waals surface area contributed by atoms with Crippen LogP contribution in [0.2, 0.25) is 5.02 Å². The molecule has 2 amide bonds. The second kappa shape index (κ2) is 12.6. The SMILES string of the molecule is COc1ccc(C(=O)Oc2ccc3ccccc3c2/C=N\NC(=O)CNC(=O)c2ccc(Cl)cc2)cc1OC. The number of ether oxygens (including phenoxy) is 3. The van der Waals surface area contributed by atoms with Crippen LogP contribution >= 0.6 is 11.6 Å². The Morgan fingerprint density at radius 1 is 0.846 bits per heavy atom. The smallest absolute Gasteiger partial charge is 0.343 e. The number of methoxy groups -OCH3 is 2. The third kappa shape index (κ3) is 6.71. The summed E-state index contributed by atoms with van der Waals surface area (Å²) in [6, 6.07) is 21.9. The molecule has 0 heterocycles. The van der Waals surface area contributed by atoms with Crippen molar-refractivity contribution in [1.29, 1.82) is 0 Å². The van der Waals surface area contributed by atoms with Crippen molar-refractivity contribution in [2.75, 3.05) is 20.8 Å². The molecule has 198 valence electrons. The first kappa shape index (κ1) is 27.2. The van der Waals surface area contributed by atoms with Crippen LogP contribution in [0, 0.1) is 0 Å². The Bertz CT molecular complexity index is 1550. The number of carbonyl (C=O) groups excluding carboxylic acids is 3. The number of fused-ring (bicyclic) bond motifs is 1. The molecule has 39 heavy (non-hydrogen) atoms. The minimum absolute atomic E-state index is 0.238. The summed E-state index contributed by atoms with van der Waals surface area (Å²) in [6.45, 7) is -0.296. The number of rotatable bonds is 9. The molecule has 2 N–H and O–H groups in total. The standard InChI is InChI=1S/C29H24ClN3O6/c1-37-25-14-10-20(15-26(25)38-2)29(36)39-24-13-9-18-5-3-4-6-22(18)23(24)16-32-33-27(34)17-31-28(35)19-7-11-21(30)12-8-19/h3-16H,17H2,1-2H3,(H,31,35)(H,33,34)/b32-16-. The molecule has 0 spiro atoms. The summed E-state index contributed by atoms with van der Waals surface area (Å²) in [5.74, 6) is -0.481. The number of hydrazone groups is 1. The lowest BCUT2D eigenvalue weighted by atomic mass is 10.0. The molecule has 10 heteroatoms. The molecule has 0 aliphatic heterocycles. The molecule has 0 saturated carbocycles. The monoisotopic (exact) mass is 545 g/mol. The highest BCUT2D eigenvalue weighted by molar-refractivity contribution is 6.30. The summed E-state index contributed by atoms with van der Waals surface area (Å²) in [5.41, 5.74) is 3.48. The van der Waals surface area contributed by atoms with Crippen molar-refractivity contribution in [3.05, 3.63) is 101 Å². The third-order valence-corrected chi connectivity index (χ3v) is 5.90. The Kier molecular flexibility index (Phi) is 8.75. The normalized spacial score (nSPS) is 10.7. The minimum atomic E-state index is -0.616. The molecule has 0 aliphatic rings. The zero-order chi connectivity index (χ0) is 27.8. The van der Waals surface area contributed by atoms with Gasteiger partial charge in [0.05, 0.1) is 32.5 Å². The predicted molar refractivity (Wildman–Crippen MR) is 148 cm³/mol. The van der Waals surface area contributed by atoms with Crippen LogP contribution < -0.4 is 25.0 Å². The molecular weight excluding hydrogens is 522 g/mol. The molecule has 4 rings (SSSR count). The van der Waals surface area contributed by atoms with Gasteiger partial charge in [0.15, 0.2) is 11.5 Å². The van der Waals surface area contributed by atoms with Gasteiger partial charge in [0.1, 0.15) is 5.75 Å². The Morgan fingerprint density at radius 3 is 2.28 bits per heavy atom. The number of hydrogen-bond donors (Lipinski definition) is 2. The van der Waals surface area contributed by atoms with Crippen LogP contribution in [-0.2, 0) is 4.79 Å². The summed E-state index contributed by atoms with van der Waals surface area (Å²) in [5, 5.41) is 8.67. The van der Waals surface area contributed by atoms with Crippen LogP contribution in [0.5, 0.6) is 17.2 Å². The Morgan fingerprint density at radius 2 is 1.54 bits per heavy atom. The van der Waals surface area contributed by atoms with E-state index in [0.717, 1.165) is 10.8 Å². The molecule has 0 fully saturated rings. The number of halogens is 1. The van der Waals surface area contributed by atoms with E-state index >= 15 is 0 Å². The van der Waals surface area contributed by atoms with Crippen LogP contribution in [0.15, 0.2) is 84.0 Å². The van der Waals surface area contributed by atoms with Gasteiger partial charge in [-0.1, -0.05) is 41.9 Å². The van der Waals surface area contributed by atoms with Crippen LogP contribution in [0.3, 0.4) is 0 Å². The van der Waals surface area contributed by atoms with Gasteiger partial charge in [0.25, 0.3) is 11.8 Å². The number of hydrogen-bond acceptors (Lipinski definition) is 7. The number of esters is 1. The van der Waals surface area contributed by atoms with Crippen molar-refractivity contribution in [2.45, 2.75) is 0 Å². The number of nitrogens with zero attached hydrogens (tertiary/aromatic N) is 1. The van der Waals surface area contributed by atoms with E-state index in [-0.39, 0.29) is 17.9 Å². The van der Waals surface area contributed by atoms with Crippen molar-refractivity contribution in [1.82, 2.24) is 10.7 Å². The molecular formula is C29H24ClN3O6. The highest BCUT2D eigenvalue weighted by atomic mass is 35.5. The molecule has 0 saturated heterocycles. The predicted octanol–water partition coefficient (Wildman–Crippen LogP) is 4.61. The van der Waals surface area contributed by atoms with Gasteiger partial charge in [0.2, 0.25) is 0 Å². The Balaban J connectivity index is 1.49. The van der Waals surface area contributed by atoms with Crippen LogP contribution in [0.1, 0.15) is 26.3 Å². The van der Waals surface area contributed by atoms with Crippen LogP contribution in [0.4, 0.5) is 0 Å². The number of carbonyl (C=O) groups is 3. The van der Waals surface area contributed by atoms with E-state index in [2.05, 4.69) is 15.8 Å². The minimum Gasteiger partial charge on any atom is -0.493 e. The molecule has 0 aromatic heterocycles. The second-order valence-electron chi connectivity index (χ2n) is 8.14. The molecule has 0 unspecified atom stereocenters. The average Bonchev–Trinajstić information content (AvgIpc) is 2.96. The highest BCUT2D eigenvalue weighted by Gasteiger charge is 2.16. The van der Waals surface area contributed by atoms with E-state index in [9.17, 15) is 14.4 Å². The van der Waals surface area contributed by atoms with Gasteiger partial charge in [-0.05, 0) is 59.3 Å². The molecule has 0 bridgehead atoms. The number of nitrogens with one attached hydrogen (secondary N) is 2. The fourth-order valence-corrected chi connectivity index (χ4v) is 3.82. The zero-order valence-electron chi connectivity index (χ0n) is 21.1. The van der Waals surface area contributed by atoms with Crippen molar-refractivity contribution in [2.24, 2.45) is 5.10 Å². The highest BCUT2D eigenvalue weighted by Crippen LogP contribution is 2.30. The van der Waals surface area contributed by atoms with E-state index in [1.165, 1.54) is 26.5 Å². The first-order valence-corrected chi connectivity index (χ1v) is 12.1. The first-order valence-electron chi connectivity index (χ1n) is 11.7. The lowest BCUT2D eigenvalue weighted by Crippen LogP contribution is -2.34. The van der Waals surface area contributed by atoms with Crippen molar-refractivity contribution >= 4 is 46.4 Å². The number of benzene rings is 4. The largest absolute Gasteiger partial charge is 0.493 e. The lowest BCUT2D eigenvalue weighted by Gasteiger charge is -2.12. The zero-order valence-corrected chi connectivity index (χ0v) is 21.8. The maximum Gasteiger partial charge on any atom is 0.343 e. The molecule has 0 aliphatic carbocycles. The van der Waals surface area contributed by atoms with Gasteiger partial charge in [-0.25, -0.2) is 10.2 Å². The van der Waals surface area contributed by atoms with Crippen molar-refractivity contribution < 1.29 is 28.6 Å². The maximum absolute atomic E-state index is 13.0. The quantitative estimate of drug-likeness (QED) is 0.137. The molecule has 4 aromatic rings. The Labute approximate surface area is 229 Å². The fraction of sp³-hybridized carbons (Fsp3) is 0.103. The van der Waals surface area contributed by atoms with Gasteiger partial charge in [0, 0.05) is 16.1 Å². The molecule has 4 aromatic carbocycles. The van der Waals surface area contributed by atoms with Crippen LogP contribution in [-0.4, -0.2) is 44.8 Å². The topological polar surface area (TPSA) is 115 Å². The van der Waals surface area contributed by atoms with E-state index in [4.69, 9.17) is 25.8 Å². The average molecular weight is 546 g/mol. The van der Waals surface area contributed by atoms with Gasteiger partial charge in [-0.2, -0.15) is 5.10 Å². The molecule has 9 nitrogen and oxygen atoms in total. The fourth-order valence-electron chi connectivity index (χ4n) is 3.69. The maximum atomic E-state index is 13.0. The third-order valence-electron chi connectivity index (χ3n) is 5.65. The molecule has 0 atom stereocenters. The van der Waals surface area contributed by atoms with Gasteiger partial charge >= 0.3 is 5.97 Å². The van der Waals surface area contributed by atoms with E-state index < -0.39 is 17.8 Å². The first-order chi connectivity index (χ1) is 18.9. The van der Waals surface area contributed by atoms with E-state index in [1.54, 1.807) is 42.5 Å². The second-order valence-corrected chi connectivity index (χ2v) is 8.58. The van der Waals surface area contributed by atoms with E-state index in [0.29, 0.717) is 27.6 Å². The Hall–Kier alpha value is -4.89. The number of amides is 2. The van der Waals surface area contributed by atoms with Crippen LogP contribution in [0.25, 0.3) is 10.8 Å². The van der Waals surface area contributed by atoms with Gasteiger partial charge < -0.3 is 19.5 Å². The van der Waals surface area contributed by atoms with Crippen molar-refractivity contribution in [3.63, 3.8) is 0 Å². The summed E-state index contributed by atoms with van der Waals surface area (Å²) >= 11 is 5.83. The molecule has 0 radical (unpaired) electrons. The summed E-state index contributed by atoms with van der Waals surface area (Å²) < 4.78 is 16.2. The summed E-state index contributed by atoms with van der Waals surface area (Å²) in [7, 11) is 2.98.